The lowest BCUT2D eigenvalue weighted by Gasteiger charge is -2.16. The zero-order valence-corrected chi connectivity index (χ0v) is 10.9. The Morgan fingerprint density at radius 2 is 2.26 bits per heavy atom. The molecule has 0 aromatic carbocycles. The van der Waals surface area contributed by atoms with E-state index in [9.17, 15) is 5.11 Å². The van der Waals surface area contributed by atoms with Gasteiger partial charge in [-0.1, -0.05) is 6.92 Å². The van der Waals surface area contributed by atoms with Gasteiger partial charge in [-0.05, 0) is 19.3 Å². The second kappa shape index (κ2) is 4.65. The molecule has 0 unspecified atom stereocenters. The SMILES string of the molecule is CCCNc1nc(NC2(CO)CC2)c2cn[nH]c2n1. The molecule has 7 heteroatoms. The molecule has 4 N–H and O–H groups in total. The molecule has 2 aromatic heterocycles. The Balaban J connectivity index is 1.93. The van der Waals surface area contributed by atoms with Crippen LogP contribution in [0.4, 0.5) is 11.8 Å². The average Bonchev–Trinajstić information content (AvgIpc) is 3.03. The fraction of sp³-hybridized carbons (Fsp3) is 0.583. The molecule has 0 amide bonds. The van der Waals surface area contributed by atoms with E-state index < -0.39 is 0 Å². The van der Waals surface area contributed by atoms with Crippen LogP contribution in [0.25, 0.3) is 11.0 Å². The van der Waals surface area contributed by atoms with E-state index in [4.69, 9.17) is 0 Å². The van der Waals surface area contributed by atoms with Gasteiger partial charge in [-0.15, -0.1) is 0 Å². The lowest BCUT2D eigenvalue weighted by molar-refractivity contribution is 0.266. The number of rotatable bonds is 6. The first-order chi connectivity index (χ1) is 9.26. The zero-order chi connectivity index (χ0) is 13.3. The third-order valence-corrected chi connectivity index (χ3v) is 3.38. The maximum absolute atomic E-state index is 9.41. The van der Waals surface area contributed by atoms with E-state index in [0.29, 0.717) is 11.6 Å². The number of nitrogens with zero attached hydrogens (tertiary/aromatic N) is 3. The van der Waals surface area contributed by atoms with Crippen molar-refractivity contribution in [2.24, 2.45) is 0 Å². The van der Waals surface area contributed by atoms with Crippen LogP contribution in [-0.2, 0) is 0 Å². The molecule has 102 valence electrons. The van der Waals surface area contributed by atoms with Gasteiger partial charge in [0.2, 0.25) is 5.95 Å². The fourth-order valence-electron chi connectivity index (χ4n) is 1.97. The van der Waals surface area contributed by atoms with Crippen molar-refractivity contribution in [3.05, 3.63) is 6.20 Å². The Labute approximate surface area is 110 Å². The second-order valence-corrected chi connectivity index (χ2v) is 5.02. The summed E-state index contributed by atoms with van der Waals surface area (Å²) in [6.45, 7) is 3.03. The summed E-state index contributed by atoms with van der Waals surface area (Å²) in [5, 5.41) is 23.6. The molecule has 0 saturated heterocycles. The largest absolute Gasteiger partial charge is 0.394 e. The summed E-state index contributed by atoms with van der Waals surface area (Å²) in [7, 11) is 0. The number of H-pyrrole nitrogens is 1. The van der Waals surface area contributed by atoms with Crippen LogP contribution >= 0.6 is 0 Å². The van der Waals surface area contributed by atoms with Crippen LogP contribution in [0.5, 0.6) is 0 Å². The number of aromatic nitrogens is 4. The number of aromatic amines is 1. The molecule has 1 aliphatic carbocycles. The van der Waals surface area contributed by atoms with Crippen molar-refractivity contribution in [2.75, 3.05) is 23.8 Å². The van der Waals surface area contributed by atoms with E-state index in [1.54, 1.807) is 6.20 Å². The summed E-state index contributed by atoms with van der Waals surface area (Å²) in [6.07, 6.45) is 4.64. The smallest absolute Gasteiger partial charge is 0.226 e. The normalized spacial score (nSPS) is 16.5. The summed E-state index contributed by atoms with van der Waals surface area (Å²) in [5.74, 6) is 1.30. The van der Waals surface area contributed by atoms with Crippen molar-refractivity contribution < 1.29 is 5.11 Å². The molecule has 0 atom stereocenters. The maximum atomic E-state index is 9.41. The van der Waals surface area contributed by atoms with Crippen molar-refractivity contribution in [3.8, 4) is 0 Å². The van der Waals surface area contributed by atoms with Gasteiger partial charge in [0.15, 0.2) is 5.65 Å². The van der Waals surface area contributed by atoms with Crippen LogP contribution in [0.3, 0.4) is 0 Å². The van der Waals surface area contributed by atoms with Crippen LogP contribution in [0.1, 0.15) is 26.2 Å². The van der Waals surface area contributed by atoms with Crippen LogP contribution in [0.2, 0.25) is 0 Å². The highest BCUT2D eigenvalue weighted by Gasteiger charge is 2.42. The number of hydrogen-bond donors (Lipinski definition) is 4. The van der Waals surface area contributed by atoms with Gasteiger partial charge in [0.25, 0.3) is 0 Å². The molecule has 1 aliphatic rings. The molecule has 1 fully saturated rings. The number of fused-ring (bicyclic) bond motifs is 1. The number of aliphatic hydroxyl groups excluding tert-OH is 1. The van der Waals surface area contributed by atoms with Gasteiger partial charge in [-0.25, -0.2) is 0 Å². The van der Waals surface area contributed by atoms with Crippen LogP contribution < -0.4 is 10.6 Å². The molecule has 1 saturated carbocycles. The number of hydrogen-bond acceptors (Lipinski definition) is 6. The molecule has 2 aromatic rings. The predicted molar refractivity (Wildman–Crippen MR) is 73.1 cm³/mol. The lowest BCUT2D eigenvalue weighted by Crippen LogP contribution is -2.26. The van der Waals surface area contributed by atoms with E-state index >= 15 is 0 Å². The molecule has 2 heterocycles. The minimum Gasteiger partial charge on any atom is -0.394 e. The highest BCUT2D eigenvalue weighted by Crippen LogP contribution is 2.39. The van der Waals surface area contributed by atoms with Gasteiger partial charge in [-0.3, -0.25) is 5.10 Å². The summed E-state index contributed by atoms with van der Waals surface area (Å²) in [6, 6.07) is 0. The summed E-state index contributed by atoms with van der Waals surface area (Å²) >= 11 is 0. The molecular weight excluding hydrogens is 244 g/mol. The van der Waals surface area contributed by atoms with Gasteiger partial charge in [-0.2, -0.15) is 15.1 Å². The topological polar surface area (TPSA) is 98.8 Å². The Bertz CT molecular complexity index is 577. The van der Waals surface area contributed by atoms with Crippen molar-refractivity contribution in [1.82, 2.24) is 20.2 Å². The molecule has 0 aliphatic heterocycles. The molecule has 0 radical (unpaired) electrons. The number of nitrogens with one attached hydrogen (secondary N) is 3. The first-order valence-electron chi connectivity index (χ1n) is 6.60. The first-order valence-corrected chi connectivity index (χ1v) is 6.60. The Morgan fingerprint density at radius 3 is 2.95 bits per heavy atom. The Morgan fingerprint density at radius 1 is 1.42 bits per heavy atom. The van der Waals surface area contributed by atoms with E-state index in [1.165, 1.54) is 0 Å². The molecule has 3 rings (SSSR count). The summed E-state index contributed by atoms with van der Waals surface area (Å²) in [5.41, 5.74) is 0.491. The van der Waals surface area contributed by atoms with Crippen LogP contribution in [0, 0.1) is 0 Å². The molecule has 7 nitrogen and oxygen atoms in total. The van der Waals surface area contributed by atoms with Crippen LogP contribution in [0.15, 0.2) is 6.20 Å². The molecular formula is C12H18N6O. The van der Waals surface area contributed by atoms with E-state index in [0.717, 1.165) is 37.0 Å². The Kier molecular flexibility index (Phi) is 2.98. The minimum atomic E-state index is -0.208. The third kappa shape index (κ3) is 2.33. The monoisotopic (exact) mass is 262 g/mol. The van der Waals surface area contributed by atoms with Crippen molar-refractivity contribution in [2.45, 2.75) is 31.7 Å². The van der Waals surface area contributed by atoms with Gasteiger partial charge in [0.1, 0.15) is 5.82 Å². The fourth-order valence-corrected chi connectivity index (χ4v) is 1.97. The quantitative estimate of drug-likeness (QED) is 0.622. The molecule has 0 spiro atoms. The van der Waals surface area contributed by atoms with Gasteiger partial charge in [0.05, 0.1) is 23.7 Å². The maximum Gasteiger partial charge on any atom is 0.226 e. The first kappa shape index (κ1) is 12.2. The number of aliphatic hydroxyl groups is 1. The van der Waals surface area contributed by atoms with Crippen LogP contribution in [-0.4, -0.2) is 44.0 Å². The van der Waals surface area contributed by atoms with Crippen molar-refractivity contribution in [1.29, 1.82) is 0 Å². The minimum absolute atomic E-state index is 0.119. The lowest BCUT2D eigenvalue weighted by atomic mass is 10.2. The van der Waals surface area contributed by atoms with E-state index in [1.807, 2.05) is 0 Å². The predicted octanol–water partition coefficient (Wildman–Crippen LogP) is 1.11. The van der Waals surface area contributed by atoms with Gasteiger partial charge in [0, 0.05) is 6.54 Å². The average molecular weight is 262 g/mol. The summed E-state index contributed by atoms with van der Waals surface area (Å²) in [4.78, 5) is 8.85. The highest BCUT2D eigenvalue weighted by molar-refractivity contribution is 5.87. The van der Waals surface area contributed by atoms with E-state index in [2.05, 4.69) is 37.7 Å². The van der Waals surface area contributed by atoms with E-state index in [-0.39, 0.29) is 12.1 Å². The van der Waals surface area contributed by atoms with Gasteiger partial charge < -0.3 is 15.7 Å². The third-order valence-electron chi connectivity index (χ3n) is 3.38. The second-order valence-electron chi connectivity index (χ2n) is 5.02. The van der Waals surface area contributed by atoms with Gasteiger partial charge >= 0.3 is 0 Å². The number of anilines is 2. The highest BCUT2D eigenvalue weighted by atomic mass is 16.3. The van der Waals surface area contributed by atoms with Crippen molar-refractivity contribution >= 4 is 22.8 Å². The molecule has 19 heavy (non-hydrogen) atoms. The molecule has 0 bridgehead atoms. The standard InChI is InChI=1S/C12H18N6O/c1-2-5-13-11-15-9(17-12(7-19)3-4-12)8-6-14-18-10(8)16-11/h6,19H,2-5,7H2,1H3,(H3,13,14,15,16,17,18). The summed E-state index contributed by atoms with van der Waals surface area (Å²) < 4.78 is 0. The van der Waals surface area contributed by atoms with Crippen molar-refractivity contribution in [3.63, 3.8) is 0 Å². The Hall–Kier alpha value is -1.89. The zero-order valence-electron chi connectivity index (χ0n) is 10.9.